The fourth-order valence-electron chi connectivity index (χ4n) is 5.16. The molecule has 0 bridgehead atoms. The number of ether oxygens (including phenoxy) is 1. The van der Waals surface area contributed by atoms with Gasteiger partial charge in [-0.15, -0.1) is 0 Å². The number of alkyl halides is 6. The molecule has 6 nitrogen and oxygen atoms in total. The Bertz CT molecular complexity index is 1360. The molecule has 226 valence electrons. The van der Waals surface area contributed by atoms with Crippen molar-refractivity contribution < 1.29 is 35.9 Å². The molecule has 4 N–H and O–H groups in total. The maximum atomic E-state index is 14.3. The number of hydrogen-bond donors (Lipinski definition) is 2. The molecule has 42 heavy (non-hydrogen) atoms. The van der Waals surface area contributed by atoms with E-state index in [1.807, 2.05) is 0 Å². The average Bonchev–Trinajstić information content (AvgIpc) is 2.95. The van der Waals surface area contributed by atoms with Gasteiger partial charge in [-0.1, -0.05) is 48.5 Å². The van der Waals surface area contributed by atoms with Gasteiger partial charge in [0.05, 0.1) is 17.2 Å². The summed E-state index contributed by atoms with van der Waals surface area (Å²) in [6, 6.07) is 15.1. The maximum Gasteiger partial charge on any atom is 0.418 e. The Balaban J connectivity index is 1.74. The van der Waals surface area contributed by atoms with Crippen LogP contribution in [-0.4, -0.2) is 43.7 Å². The Morgan fingerprint density at radius 2 is 1.38 bits per heavy atom. The van der Waals surface area contributed by atoms with Crippen LogP contribution in [0.15, 0.2) is 66.7 Å². The van der Waals surface area contributed by atoms with Crippen LogP contribution in [0.2, 0.25) is 0 Å². The molecule has 1 saturated heterocycles. The second kappa shape index (κ2) is 13.0. The Morgan fingerprint density at radius 3 is 1.98 bits per heavy atom. The van der Waals surface area contributed by atoms with Gasteiger partial charge in [0.2, 0.25) is 0 Å². The number of carbonyl (C=O) groups excluding carboxylic acids is 1. The van der Waals surface area contributed by atoms with Crippen molar-refractivity contribution in [3.05, 3.63) is 100 Å². The average molecular weight is 595 g/mol. The minimum atomic E-state index is -4.79. The van der Waals surface area contributed by atoms with E-state index < -0.39 is 35.6 Å². The predicted molar refractivity (Wildman–Crippen MR) is 147 cm³/mol. The van der Waals surface area contributed by atoms with Crippen molar-refractivity contribution in [1.82, 2.24) is 4.90 Å². The summed E-state index contributed by atoms with van der Waals surface area (Å²) < 4.78 is 90.9. The van der Waals surface area contributed by atoms with Crippen LogP contribution >= 0.6 is 0 Å². The molecule has 3 aromatic rings. The van der Waals surface area contributed by atoms with E-state index in [4.69, 9.17) is 16.2 Å². The molecule has 1 aliphatic rings. The third-order valence-corrected chi connectivity index (χ3v) is 7.18. The highest BCUT2D eigenvalue weighted by Crippen LogP contribution is 2.42. The van der Waals surface area contributed by atoms with Crippen LogP contribution in [0.4, 0.5) is 36.8 Å². The molecule has 0 spiro atoms. The zero-order chi connectivity index (χ0) is 30.5. The summed E-state index contributed by atoms with van der Waals surface area (Å²) >= 11 is 0. The molecule has 1 heterocycles. The molecule has 1 amide bonds. The summed E-state index contributed by atoms with van der Waals surface area (Å²) in [5.74, 6) is 0. The van der Waals surface area contributed by atoms with E-state index in [1.165, 1.54) is 29.2 Å². The van der Waals surface area contributed by atoms with Crippen molar-refractivity contribution in [2.24, 2.45) is 11.5 Å². The molecule has 0 saturated carbocycles. The van der Waals surface area contributed by atoms with E-state index in [-0.39, 0.29) is 63.4 Å². The molecule has 3 aromatic carbocycles. The maximum absolute atomic E-state index is 14.3. The quantitative estimate of drug-likeness (QED) is 0.316. The highest BCUT2D eigenvalue weighted by atomic mass is 19.4. The zero-order valence-electron chi connectivity index (χ0n) is 22.7. The van der Waals surface area contributed by atoms with Crippen molar-refractivity contribution in [3.8, 4) is 0 Å². The number of nitrogens with zero attached hydrogens (tertiary/aromatic N) is 2. The minimum absolute atomic E-state index is 0.0527. The number of carbonyl (C=O) groups is 1. The number of amides is 1. The number of anilines is 1. The first kappa shape index (κ1) is 31.2. The lowest BCUT2D eigenvalue weighted by molar-refractivity contribution is -0.139. The van der Waals surface area contributed by atoms with Crippen molar-refractivity contribution in [3.63, 3.8) is 0 Å². The van der Waals surface area contributed by atoms with Crippen LogP contribution in [0, 0.1) is 0 Å². The molecular formula is C30H32F6N4O2. The van der Waals surface area contributed by atoms with E-state index in [1.54, 1.807) is 30.3 Å². The van der Waals surface area contributed by atoms with E-state index >= 15 is 0 Å². The summed E-state index contributed by atoms with van der Waals surface area (Å²) in [5, 5.41) is 0. The van der Waals surface area contributed by atoms with Crippen molar-refractivity contribution in [2.45, 2.75) is 37.8 Å². The van der Waals surface area contributed by atoms with Gasteiger partial charge in [-0.3, -0.25) is 4.90 Å². The largest absolute Gasteiger partial charge is 0.445 e. The van der Waals surface area contributed by atoms with Gasteiger partial charge >= 0.3 is 18.4 Å². The lowest BCUT2D eigenvalue weighted by atomic mass is 9.93. The monoisotopic (exact) mass is 594 g/mol. The van der Waals surface area contributed by atoms with Crippen LogP contribution in [-0.2, 0) is 36.5 Å². The predicted octanol–water partition coefficient (Wildman–Crippen LogP) is 5.93. The third-order valence-electron chi connectivity index (χ3n) is 7.18. The fourth-order valence-corrected chi connectivity index (χ4v) is 5.16. The first-order chi connectivity index (χ1) is 19.9. The Morgan fingerprint density at radius 1 is 0.786 bits per heavy atom. The SMILES string of the molecule is NCCc1ccc(C2CN(c3ccc(CCN)cc3C(F)(F)F)CCN2C(=O)OCc2ccccc2)c(C(F)(F)F)c1. The minimum Gasteiger partial charge on any atom is -0.445 e. The highest BCUT2D eigenvalue weighted by Gasteiger charge is 2.42. The smallest absolute Gasteiger partial charge is 0.418 e. The van der Waals surface area contributed by atoms with Crippen LogP contribution in [0.25, 0.3) is 0 Å². The number of hydrogen-bond acceptors (Lipinski definition) is 5. The Labute approximate surface area is 239 Å². The second-order valence-electron chi connectivity index (χ2n) is 10.0. The van der Waals surface area contributed by atoms with Gasteiger partial charge in [0, 0.05) is 25.3 Å². The van der Waals surface area contributed by atoms with Crippen LogP contribution in [0.5, 0.6) is 0 Å². The van der Waals surface area contributed by atoms with E-state index in [0.717, 1.165) is 17.0 Å². The number of halogens is 6. The van der Waals surface area contributed by atoms with Gasteiger partial charge in [-0.25, -0.2) is 4.79 Å². The van der Waals surface area contributed by atoms with Crippen molar-refractivity contribution >= 4 is 11.8 Å². The molecule has 1 fully saturated rings. The molecule has 0 aromatic heterocycles. The molecule has 4 rings (SSSR count). The summed E-state index contributed by atoms with van der Waals surface area (Å²) in [5.41, 5.74) is 10.2. The van der Waals surface area contributed by atoms with Gasteiger partial charge in [0.25, 0.3) is 0 Å². The van der Waals surface area contributed by atoms with E-state index in [9.17, 15) is 31.1 Å². The van der Waals surface area contributed by atoms with Gasteiger partial charge in [-0.05, 0) is 66.4 Å². The van der Waals surface area contributed by atoms with Gasteiger partial charge in [0.1, 0.15) is 6.61 Å². The zero-order valence-corrected chi connectivity index (χ0v) is 22.7. The van der Waals surface area contributed by atoms with Crippen LogP contribution < -0.4 is 16.4 Å². The first-order valence-electron chi connectivity index (χ1n) is 13.4. The van der Waals surface area contributed by atoms with Crippen LogP contribution in [0.3, 0.4) is 0 Å². The summed E-state index contributed by atoms with van der Waals surface area (Å²) in [7, 11) is 0. The molecular weight excluding hydrogens is 562 g/mol. The molecule has 1 aliphatic heterocycles. The third kappa shape index (κ3) is 7.35. The highest BCUT2D eigenvalue weighted by molar-refractivity contribution is 5.70. The fraction of sp³-hybridized carbons (Fsp3) is 0.367. The van der Waals surface area contributed by atoms with Crippen molar-refractivity contribution in [2.75, 3.05) is 37.6 Å². The number of piperazine rings is 1. The molecule has 0 aliphatic carbocycles. The van der Waals surface area contributed by atoms with Gasteiger partial charge in [0.15, 0.2) is 0 Å². The lowest BCUT2D eigenvalue weighted by Crippen LogP contribution is -2.51. The standard InChI is InChI=1S/C30H32F6N4O2/c31-29(32,33)24-16-20(10-12-37)6-8-23(24)27-18-39(26-9-7-21(11-13-38)17-25(26)30(34,35)36)14-15-40(27)28(41)42-19-22-4-2-1-3-5-22/h1-9,16-17,27H,10-15,18-19,37-38H2. The molecule has 0 radical (unpaired) electrons. The van der Waals surface area contributed by atoms with Crippen molar-refractivity contribution in [1.29, 1.82) is 0 Å². The van der Waals surface area contributed by atoms with Gasteiger partial charge < -0.3 is 21.1 Å². The Hall–Kier alpha value is -3.77. The Kier molecular flexibility index (Phi) is 9.67. The normalized spacial score (nSPS) is 16.0. The van der Waals surface area contributed by atoms with E-state index in [2.05, 4.69) is 0 Å². The van der Waals surface area contributed by atoms with Gasteiger partial charge in [-0.2, -0.15) is 26.3 Å². The van der Waals surface area contributed by atoms with E-state index in [0.29, 0.717) is 16.7 Å². The van der Waals surface area contributed by atoms with Crippen LogP contribution in [0.1, 0.15) is 39.4 Å². The molecule has 1 atom stereocenters. The number of rotatable bonds is 8. The number of benzene rings is 3. The molecule has 1 unspecified atom stereocenters. The summed E-state index contributed by atoms with van der Waals surface area (Å²) in [6.45, 7) is -0.367. The topological polar surface area (TPSA) is 84.8 Å². The molecule has 12 heteroatoms. The summed E-state index contributed by atoms with van der Waals surface area (Å²) in [4.78, 5) is 15.8. The lowest BCUT2D eigenvalue weighted by Gasteiger charge is -2.43. The summed E-state index contributed by atoms with van der Waals surface area (Å²) in [6.07, 6.45) is -9.94. The second-order valence-corrected chi connectivity index (χ2v) is 10.0. The first-order valence-corrected chi connectivity index (χ1v) is 13.4. The number of nitrogens with two attached hydrogens (primary N) is 2.